The molecule has 112 valence electrons. The summed E-state index contributed by atoms with van der Waals surface area (Å²) in [4.78, 5) is 25.9. The van der Waals surface area contributed by atoms with E-state index in [-0.39, 0.29) is 5.56 Å². The quantitative estimate of drug-likeness (QED) is 0.790. The molecule has 0 bridgehead atoms. The van der Waals surface area contributed by atoms with Crippen molar-refractivity contribution in [2.45, 2.75) is 19.8 Å². The highest BCUT2D eigenvalue weighted by molar-refractivity contribution is 5.34. The van der Waals surface area contributed by atoms with Crippen LogP contribution in [0.1, 0.15) is 19.8 Å². The first kappa shape index (κ1) is 14.8. The van der Waals surface area contributed by atoms with E-state index in [1.807, 2.05) is 11.8 Å². The Morgan fingerprint density at radius 3 is 2.75 bits per heavy atom. The highest BCUT2D eigenvalue weighted by atomic mass is 16.2. The number of aryl methyl sites for hydroxylation is 1. The Bertz CT molecular complexity index is 571. The third kappa shape index (κ3) is 2.92. The average molecular weight is 281 g/mol. The van der Waals surface area contributed by atoms with E-state index < -0.39 is 5.69 Å². The first-order valence-corrected chi connectivity index (χ1v) is 7.14. The summed E-state index contributed by atoms with van der Waals surface area (Å²) in [5, 5.41) is 7.52. The van der Waals surface area contributed by atoms with E-state index in [1.165, 1.54) is 18.2 Å². The lowest BCUT2D eigenvalue weighted by Gasteiger charge is -2.29. The van der Waals surface area contributed by atoms with Crippen molar-refractivity contribution >= 4 is 5.82 Å². The molecule has 1 unspecified atom stereocenters. The van der Waals surface area contributed by atoms with Crippen LogP contribution in [0.5, 0.6) is 0 Å². The van der Waals surface area contributed by atoms with Crippen molar-refractivity contribution in [1.82, 2.24) is 19.7 Å². The lowest BCUT2D eigenvalue weighted by Crippen LogP contribution is -2.45. The summed E-state index contributed by atoms with van der Waals surface area (Å²) in [5.74, 6) is 0.884. The maximum absolute atomic E-state index is 12.2. The number of rotatable bonds is 4. The Kier molecular flexibility index (Phi) is 4.59. The smallest absolute Gasteiger partial charge is 0.346 e. The van der Waals surface area contributed by atoms with Crippen LogP contribution in [0.4, 0.5) is 5.82 Å². The van der Waals surface area contributed by atoms with Gasteiger partial charge < -0.3 is 10.2 Å². The van der Waals surface area contributed by atoms with E-state index in [0.29, 0.717) is 18.3 Å². The molecule has 0 aliphatic carbocycles. The van der Waals surface area contributed by atoms with E-state index in [1.54, 1.807) is 7.05 Å². The SMILES string of the molecule is CCN(CC1CCCNC1)c1nn(C)c(=O)n(C)c1=O. The molecule has 0 spiro atoms. The van der Waals surface area contributed by atoms with Gasteiger partial charge in [0.1, 0.15) is 0 Å². The highest BCUT2D eigenvalue weighted by Gasteiger charge is 2.20. The third-order valence-corrected chi connectivity index (χ3v) is 3.86. The standard InChI is InChI=1S/C13H23N5O2/c1-4-18(9-10-6-5-7-14-8-10)11-12(19)16(2)13(20)17(3)15-11/h10,14H,4-9H2,1-3H3. The Hall–Kier alpha value is -1.63. The van der Waals surface area contributed by atoms with Crippen molar-refractivity contribution in [2.24, 2.45) is 20.0 Å². The third-order valence-electron chi connectivity index (χ3n) is 3.86. The van der Waals surface area contributed by atoms with Crippen molar-refractivity contribution in [3.63, 3.8) is 0 Å². The van der Waals surface area contributed by atoms with Crippen molar-refractivity contribution < 1.29 is 0 Å². The summed E-state index contributed by atoms with van der Waals surface area (Å²) >= 11 is 0. The zero-order valence-electron chi connectivity index (χ0n) is 12.4. The second-order valence-corrected chi connectivity index (χ2v) is 5.34. The molecule has 1 fully saturated rings. The molecule has 1 atom stereocenters. The van der Waals surface area contributed by atoms with Gasteiger partial charge in [0.15, 0.2) is 0 Å². The zero-order chi connectivity index (χ0) is 14.7. The molecule has 1 N–H and O–H groups in total. The molecule has 7 nitrogen and oxygen atoms in total. The predicted octanol–water partition coefficient (Wildman–Crippen LogP) is -0.695. The van der Waals surface area contributed by atoms with Gasteiger partial charge in [0.25, 0.3) is 5.56 Å². The first-order valence-electron chi connectivity index (χ1n) is 7.14. The summed E-state index contributed by atoms with van der Waals surface area (Å²) in [6, 6.07) is 0. The van der Waals surface area contributed by atoms with Crippen molar-refractivity contribution in [1.29, 1.82) is 0 Å². The number of aromatic nitrogens is 3. The predicted molar refractivity (Wildman–Crippen MR) is 78.2 cm³/mol. The van der Waals surface area contributed by atoms with Crippen LogP contribution in [0.15, 0.2) is 9.59 Å². The van der Waals surface area contributed by atoms with E-state index in [2.05, 4.69) is 10.4 Å². The number of piperidine rings is 1. The van der Waals surface area contributed by atoms with Gasteiger partial charge in [-0.15, -0.1) is 5.10 Å². The zero-order valence-corrected chi connectivity index (χ0v) is 12.4. The second kappa shape index (κ2) is 6.21. The van der Waals surface area contributed by atoms with Crippen LogP contribution < -0.4 is 21.5 Å². The molecule has 1 aromatic heterocycles. The van der Waals surface area contributed by atoms with Gasteiger partial charge in [0.2, 0.25) is 5.82 Å². The van der Waals surface area contributed by atoms with E-state index in [4.69, 9.17) is 0 Å². The Morgan fingerprint density at radius 2 is 2.15 bits per heavy atom. The van der Waals surface area contributed by atoms with Crippen LogP contribution in [-0.4, -0.2) is 40.5 Å². The van der Waals surface area contributed by atoms with E-state index in [0.717, 1.165) is 30.6 Å². The molecule has 7 heteroatoms. The van der Waals surface area contributed by atoms with Crippen LogP contribution in [0, 0.1) is 5.92 Å². The number of anilines is 1. The normalized spacial score (nSPS) is 19.1. The lowest BCUT2D eigenvalue weighted by molar-refractivity contribution is 0.376. The summed E-state index contributed by atoms with van der Waals surface area (Å²) in [5.41, 5.74) is -0.715. The number of nitrogens with zero attached hydrogens (tertiary/aromatic N) is 4. The summed E-state index contributed by atoms with van der Waals surface area (Å²) in [6.45, 7) is 5.55. The fourth-order valence-corrected chi connectivity index (χ4v) is 2.64. The first-order chi connectivity index (χ1) is 9.54. The van der Waals surface area contributed by atoms with Crippen LogP contribution in [-0.2, 0) is 14.1 Å². The maximum atomic E-state index is 12.2. The second-order valence-electron chi connectivity index (χ2n) is 5.34. The van der Waals surface area contributed by atoms with Gasteiger partial charge in [-0.3, -0.25) is 9.36 Å². The highest BCUT2D eigenvalue weighted by Crippen LogP contribution is 2.13. The molecular formula is C13H23N5O2. The fourth-order valence-electron chi connectivity index (χ4n) is 2.64. The van der Waals surface area contributed by atoms with E-state index in [9.17, 15) is 9.59 Å². The molecule has 0 radical (unpaired) electrons. The van der Waals surface area contributed by atoms with Gasteiger partial charge in [0.05, 0.1) is 0 Å². The molecule has 1 aromatic rings. The largest absolute Gasteiger partial charge is 0.351 e. The van der Waals surface area contributed by atoms with Crippen molar-refractivity contribution in [2.75, 3.05) is 31.1 Å². The maximum Gasteiger partial charge on any atom is 0.346 e. The molecule has 1 saturated heterocycles. The van der Waals surface area contributed by atoms with Crippen LogP contribution in [0.25, 0.3) is 0 Å². The molecule has 0 saturated carbocycles. The van der Waals surface area contributed by atoms with Crippen LogP contribution in [0.3, 0.4) is 0 Å². The number of hydrogen-bond acceptors (Lipinski definition) is 5. The van der Waals surface area contributed by atoms with Gasteiger partial charge in [-0.05, 0) is 38.8 Å². The Morgan fingerprint density at radius 1 is 1.40 bits per heavy atom. The summed E-state index contributed by atoms with van der Waals surface area (Å²) in [7, 11) is 3.06. The molecule has 2 rings (SSSR count). The van der Waals surface area contributed by atoms with Gasteiger partial charge in [-0.1, -0.05) is 0 Å². The van der Waals surface area contributed by atoms with Gasteiger partial charge >= 0.3 is 5.69 Å². The summed E-state index contributed by atoms with van der Waals surface area (Å²) in [6.07, 6.45) is 2.33. The minimum atomic E-state index is -0.394. The average Bonchev–Trinajstić information content (AvgIpc) is 2.47. The van der Waals surface area contributed by atoms with Gasteiger partial charge in [0, 0.05) is 27.2 Å². The molecular weight excluding hydrogens is 258 g/mol. The van der Waals surface area contributed by atoms with Crippen molar-refractivity contribution in [3.8, 4) is 0 Å². The van der Waals surface area contributed by atoms with Crippen molar-refractivity contribution in [3.05, 3.63) is 20.8 Å². The molecule has 0 aromatic carbocycles. The molecule has 1 aliphatic rings. The Balaban J connectivity index is 2.27. The van der Waals surface area contributed by atoms with Gasteiger partial charge in [-0.25, -0.2) is 9.48 Å². The number of hydrogen-bond donors (Lipinski definition) is 1. The molecule has 20 heavy (non-hydrogen) atoms. The minimum Gasteiger partial charge on any atom is -0.351 e. The Labute approximate surface area is 118 Å². The number of nitrogens with one attached hydrogen (secondary N) is 1. The van der Waals surface area contributed by atoms with Gasteiger partial charge in [-0.2, -0.15) is 0 Å². The molecule has 0 amide bonds. The minimum absolute atomic E-state index is 0.321. The topological polar surface area (TPSA) is 72.2 Å². The van der Waals surface area contributed by atoms with Crippen LogP contribution in [0.2, 0.25) is 0 Å². The molecule has 1 aliphatic heterocycles. The summed E-state index contributed by atoms with van der Waals surface area (Å²) < 4.78 is 2.34. The monoisotopic (exact) mass is 281 g/mol. The fraction of sp³-hybridized carbons (Fsp3) is 0.769. The van der Waals surface area contributed by atoms with E-state index >= 15 is 0 Å². The molecule has 2 heterocycles. The van der Waals surface area contributed by atoms with Crippen LogP contribution >= 0.6 is 0 Å². The lowest BCUT2D eigenvalue weighted by atomic mass is 9.99.